The van der Waals surface area contributed by atoms with Crippen molar-refractivity contribution >= 4 is 23.7 Å². The molecule has 1 N–H and O–H groups in total. The smallest absolute Gasteiger partial charge is 0.277 e. The van der Waals surface area contributed by atoms with E-state index in [1.807, 2.05) is 24.3 Å². The van der Waals surface area contributed by atoms with E-state index in [-0.39, 0.29) is 11.6 Å². The van der Waals surface area contributed by atoms with E-state index in [0.717, 1.165) is 12.0 Å². The van der Waals surface area contributed by atoms with Crippen molar-refractivity contribution in [2.24, 2.45) is 5.10 Å². The van der Waals surface area contributed by atoms with Crippen LogP contribution in [0.25, 0.3) is 0 Å². The fourth-order valence-corrected chi connectivity index (χ4v) is 2.41. The Balaban J connectivity index is 1.90. The van der Waals surface area contributed by atoms with Crippen LogP contribution in [0.5, 0.6) is 5.75 Å². The zero-order chi connectivity index (χ0) is 18.2. The normalized spacial score (nSPS) is 12.2. The second-order valence-corrected chi connectivity index (χ2v) is 6.00. The van der Waals surface area contributed by atoms with Crippen LogP contribution in [0.1, 0.15) is 37.3 Å². The van der Waals surface area contributed by atoms with Gasteiger partial charge >= 0.3 is 0 Å². The van der Waals surface area contributed by atoms with Gasteiger partial charge in [0.15, 0.2) is 6.61 Å². The minimum Gasteiger partial charge on any atom is -0.483 e. The number of ether oxygens (including phenoxy) is 1. The number of rotatable bonds is 7. The molecule has 2 aromatic rings. The van der Waals surface area contributed by atoms with Crippen molar-refractivity contribution in [1.82, 2.24) is 5.43 Å². The molecule has 0 aliphatic heterocycles. The summed E-state index contributed by atoms with van der Waals surface area (Å²) in [4.78, 5) is 11.9. The summed E-state index contributed by atoms with van der Waals surface area (Å²) in [6.07, 6.45) is 2.34. The van der Waals surface area contributed by atoms with Gasteiger partial charge in [0, 0.05) is 5.56 Å². The van der Waals surface area contributed by atoms with E-state index in [4.69, 9.17) is 16.3 Å². The molecule has 0 aromatic heterocycles. The topological polar surface area (TPSA) is 50.7 Å². The van der Waals surface area contributed by atoms with Crippen LogP contribution >= 0.6 is 11.6 Å². The molecule has 0 aliphatic rings. The van der Waals surface area contributed by atoms with E-state index in [1.54, 1.807) is 0 Å². The first-order chi connectivity index (χ1) is 12.0. The third-order valence-corrected chi connectivity index (χ3v) is 4.10. The zero-order valence-corrected chi connectivity index (χ0v) is 14.9. The van der Waals surface area contributed by atoms with Gasteiger partial charge in [0.2, 0.25) is 0 Å². The first-order valence-corrected chi connectivity index (χ1v) is 8.37. The average Bonchev–Trinajstić information content (AvgIpc) is 2.61. The highest BCUT2D eigenvalue weighted by molar-refractivity contribution is 6.33. The molecule has 2 rings (SSSR count). The molecule has 0 spiro atoms. The number of para-hydroxylation sites is 1. The summed E-state index contributed by atoms with van der Waals surface area (Å²) in [5.74, 6) is 0.212. The van der Waals surface area contributed by atoms with Gasteiger partial charge in [-0.2, -0.15) is 5.10 Å². The second-order valence-electron chi connectivity index (χ2n) is 5.59. The minimum absolute atomic E-state index is 0.151. The number of amides is 1. The summed E-state index contributed by atoms with van der Waals surface area (Å²) in [5, 5.41) is 4.03. The molecule has 0 bridgehead atoms. The number of carbonyl (C=O) groups is 1. The SMILES string of the molecule is CCC(C)c1ccccc1OCC(=O)N/N=C/c1ccc(F)cc1Cl. The van der Waals surface area contributed by atoms with Crippen LogP contribution in [0.4, 0.5) is 4.39 Å². The number of hydrogen-bond donors (Lipinski definition) is 1. The van der Waals surface area contributed by atoms with Crippen molar-refractivity contribution in [3.8, 4) is 5.75 Å². The van der Waals surface area contributed by atoms with Gasteiger partial charge in [0.05, 0.1) is 11.2 Å². The largest absolute Gasteiger partial charge is 0.483 e. The Morgan fingerprint density at radius 3 is 2.84 bits per heavy atom. The van der Waals surface area contributed by atoms with E-state index in [2.05, 4.69) is 24.4 Å². The highest BCUT2D eigenvalue weighted by atomic mass is 35.5. The Morgan fingerprint density at radius 1 is 1.36 bits per heavy atom. The maximum absolute atomic E-state index is 13.0. The summed E-state index contributed by atoms with van der Waals surface area (Å²) in [6.45, 7) is 4.06. The minimum atomic E-state index is -0.431. The monoisotopic (exact) mass is 362 g/mol. The van der Waals surface area contributed by atoms with Crippen molar-refractivity contribution in [2.45, 2.75) is 26.2 Å². The first kappa shape index (κ1) is 18.9. The Hall–Kier alpha value is -2.40. The number of halogens is 2. The van der Waals surface area contributed by atoms with Crippen LogP contribution in [0.3, 0.4) is 0 Å². The summed E-state index contributed by atoms with van der Waals surface area (Å²) < 4.78 is 18.6. The fraction of sp³-hybridized carbons (Fsp3) is 0.263. The van der Waals surface area contributed by atoms with Crippen molar-refractivity contribution in [3.63, 3.8) is 0 Å². The van der Waals surface area contributed by atoms with E-state index in [0.29, 0.717) is 17.2 Å². The van der Waals surface area contributed by atoms with Crippen LogP contribution < -0.4 is 10.2 Å². The van der Waals surface area contributed by atoms with Crippen LogP contribution in [0.2, 0.25) is 5.02 Å². The molecular formula is C19H20ClFN2O2. The predicted octanol–water partition coefficient (Wildman–Crippen LogP) is 4.52. The van der Waals surface area contributed by atoms with Crippen molar-refractivity contribution in [1.29, 1.82) is 0 Å². The lowest BCUT2D eigenvalue weighted by atomic mass is 9.98. The highest BCUT2D eigenvalue weighted by Crippen LogP contribution is 2.28. The number of carbonyl (C=O) groups excluding carboxylic acids is 1. The fourth-order valence-electron chi connectivity index (χ4n) is 2.19. The first-order valence-electron chi connectivity index (χ1n) is 8.00. The van der Waals surface area contributed by atoms with Gasteiger partial charge in [-0.3, -0.25) is 4.79 Å². The second kappa shape index (κ2) is 9.18. The van der Waals surface area contributed by atoms with Crippen LogP contribution in [0.15, 0.2) is 47.6 Å². The van der Waals surface area contributed by atoms with E-state index >= 15 is 0 Å². The molecule has 0 aliphatic carbocycles. The Labute approximate surface area is 151 Å². The van der Waals surface area contributed by atoms with E-state index < -0.39 is 11.7 Å². The van der Waals surface area contributed by atoms with Crippen molar-refractivity contribution < 1.29 is 13.9 Å². The van der Waals surface area contributed by atoms with Crippen molar-refractivity contribution in [2.75, 3.05) is 6.61 Å². The molecule has 0 fully saturated rings. The molecule has 6 heteroatoms. The van der Waals surface area contributed by atoms with Crippen LogP contribution in [-0.4, -0.2) is 18.7 Å². The van der Waals surface area contributed by atoms with Crippen molar-refractivity contribution in [3.05, 3.63) is 64.4 Å². The maximum atomic E-state index is 13.0. The number of hydrazone groups is 1. The molecular weight excluding hydrogens is 343 g/mol. The van der Waals surface area contributed by atoms with Gasteiger partial charge in [-0.05, 0) is 42.2 Å². The van der Waals surface area contributed by atoms with Gasteiger partial charge in [0.25, 0.3) is 5.91 Å². The zero-order valence-electron chi connectivity index (χ0n) is 14.1. The molecule has 25 heavy (non-hydrogen) atoms. The maximum Gasteiger partial charge on any atom is 0.277 e. The highest BCUT2D eigenvalue weighted by Gasteiger charge is 2.10. The molecule has 0 saturated carbocycles. The molecule has 1 unspecified atom stereocenters. The summed E-state index contributed by atoms with van der Waals surface area (Å²) in [5.41, 5.74) is 3.93. The Bertz CT molecular complexity index is 765. The van der Waals surface area contributed by atoms with E-state index in [9.17, 15) is 9.18 Å². The third-order valence-electron chi connectivity index (χ3n) is 3.78. The molecule has 1 amide bonds. The van der Waals surface area contributed by atoms with Crippen LogP contribution in [0, 0.1) is 5.82 Å². The predicted molar refractivity (Wildman–Crippen MR) is 97.8 cm³/mol. The summed E-state index contributed by atoms with van der Waals surface area (Å²) in [7, 11) is 0. The lowest BCUT2D eigenvalue weighted by Crippen LogP contribution is -2.25. The van der Waals surface area contributed by atoms with Gasteiger partial charge in [-0.15, -0.1) is 0 Å². The van der Waals surface area contributed by atoms with E-state index in [1.165, 1.54) is 24.4 Å². The van der Waals surface area contributed by atoms with Gasteiger partial charge in [-0.1, -0.05) is 43.6 Å². The standard InChI is InChI=1S/C19H20ClFN2O2/c1-3-13(2)16-6-4-5-7-18(16)25-12-19(24)23-22-11-14-8-9-15(21)10-17(14)20/h4-11,13H,3,12H2,1-2H3,(H,23,24)/b22-11+. The number of hydrogen-bond acceptors (Lipinski definition) is 3. The molecule has 0 heterocycles. The molecule has 132 valence electrons. The Kier molecular flexibility index (Phi) is 6.95. The summed E-state index contributed by atoms with van der Waals surface area (Å²) in [6, 6.07) is 11.6. The number of nitrogens with zero attached hydrogens (tertiary/aromatic N) is 1. The number of nitrogens with one attached hydrogen (secondary N) is 1. The molecule has 1 atom stereocenters. The quantitative estimate of drug-likeness (QED) is 0.581. The average molecular weight is 363 g/mol. The number of benzene rings is 2. The van der Waals surface area contributed by atoms with Gasteiger partial charge in [-0.25, -0.2) is 9.82 Å². The van der Waals surface area contributed by atoms with Gasteiger partial charge < -0.3 is 4.74 Å². The molecule has 0 saturated heterocycles. The third kappa shape index (κ3) is 5.57. The lowest BCUT2D eigenvalue weighted by molar-refractivity contribution is -0.123. The lowest BCUT2D eigenvalue weighted by Gasteiger charge is -2.15. The van der Waals surface area contributed by atoms with Gasteiger partial charge in [0.1, 0.15) is 11.6 Å². The van der Waals surface area contributed by atoms with Crippen LogP contribution in [-0.2, 0) is 4.79 Å². The summed E-state index contributed by atoms with van der Waals surface area (Å²) >= 11 is 5.88. The molecule has 4 nitrogen and oxygen atoms in total. The molecule has 0 radical (unpaired) electrons. The molecule has 2 aromatic carbocycles. The Morgan fingerprint density at radius 2 is 2.12 bits per heavy atom.